The zero-order chi connectivity index (χ0) is 12.8. The van der Waals surface area contributed by atoms with Crippen LogP contribution in [0.4, 0.5) is 5.82 Å². The Morgan fingerprint density at radius 3 is 2.94 bits per heavy atom. The van der Waals surface area contributed by atoms with Crippen LogP contribution in [0.15, 0.2) is 30.6 Å². The lowest BCUT2D eigenvalue weighted by Crippen LogP contribution is -2.30. The Hall–Kier alpha value is -2.17. The average molecular weight is 244 g/mol. The molecule has 0 aliphatic rings. The second-order valence-corrected chi connectivity index (χ2v) is 3.94. The number of anilines is 1. The smallest absolute Gasteiger partial charge is 0.239 e. The van der Waals surface area contributed by atoms with E-state index in [9.17, 15) is 4.79 Å². The van der Waals surface area contributed by atoms with E-state index in [1.807, 2.05) is 31.2 Å². The Bertz CT molecular complexity index is 536. The standard InChI is InChI=1S/C13H16N4O/c1-2-7-14-12(18)8-15-13-10-5-3-4-6-11(10)16-9-17-13/h3-6,9H,2,7-8H2,1H3,(H,14,18)(H,15,16,17). The third kappa shape index (κ3) is 2.94. The van der Waals surface area contributed by atoms with Crippen LogP contribution in [0.25, 0.3) is 10.9 Å². The highest BCUT2D eigenvalue weighted by Gasteiger charge is 2.04. The van der Waals surface area contributed by atoms with Gasteiger partial charge in [-0.2, -0.15) is 0 Å². The first-order valence-electron chi connectivity index (χ1n) is 6.01. The third-order valence-corrected chi connectivity index (χ3v) is 2.53. The van der Waals surface area contributed by atoms with Crippen molar-refractivity contribution in [1.29, 1.82) is 0 Å². The summed E-state index contributed by atoms with van der Waals surface area (Å²) in [6.07, 6.45) is 2.43. The van der Waals surface area contributed by atoms with E-state index in [0.29, 0.717) is 12.4 Å². The SMILES string of the molecule is CCCNC(=O)CNc1ncnc2ccccc12. The zero-order valence-electron chi connectivity index (χ0n) is 10.3. The average Bonchev–Trinajstić information content (AvgIpc) is 2.42. The number of para-hydroxylation sites is 1. The molecule has 0 unspecified atom stereocenters. The maximum absolute atomic E-state index is 11.5. The number of amides is 1. The van der Waals surface area contributed by atoms with Crippen molar-refractivity contribution in [1.82, 2.24) is 15.3 Å². The molecule has 18 heavy (non-hydrogen) atoms. The fourth-order valence-corrected chi connectivity index (χ4v) is 1.64. The van der Waals surface area contributed by atoms with Crippen molar-refractivity contribution in [2.75, 3.05) is 18.4 Å². The predicted octanol–water partition coefficient (Wildman–Crippen LogP) is 1.57. The van der Waals surface area contributed by atoms with Gasteiger partial charge in [-0.25, -0.2) is 9.97 Å². The lowest BCUT2D eigenvalue weighted by Gasteiger charge is -2.08. The number of carbonyl (C=O) groups is 1. The number of nitrogens with one attached hydrogen (secondary N) is 2. The number of nitrogens with zero attached hydrogens (tertiary/aromatic N) is 2. The lowest BCUT2D eigenvalue weighted by atomic mass is 10.2. The molecule has 0 saturated carbocycles. The van der Waals surface area contributed by atoms with Gasteiger partial charge >= 0.3 is 0 Å². The molecule has 0 aliphatic carbocycles. The molecule has 0 saturated heterocycles. The molecule has 94 valence electrons. The Balaban J connectivity index is 2.05. The summed E-state index contributed by atoms with van der Waals surface area (Å²) in [7, 11) is 0. The van der Waals surface area contributed by atoms with E-state index in [1.165, 1.54) is 6.33 Å². The highest BCUT2D eigenvalue weighted by molar-refractivity contribution is 5.90. The molecule has 0 fully saturated rings. The molecule has 0 radical (unpaired) electrons. The van der Waals surface area contributed by atoms with E-state index >= 15 is 0 Å². The first-order valence-corrected chi connectivity index (χ1v) is 6.01. The van der Waals surface area contributed by atoms with Crippen LogP contribution in [-0.4, -0.2) is 29.0 Å². The topological polar surface area (TPSA) is 66.9 Å². The van der Waals surface area contributed by atoms with Gasteiger partial charge in [-0.3, -0.25) is 4.79 Å². The van der Waals surface area contributed by atoms with Crippen LogP contribution in [0.5, 0.6) is 0 Å². The molecule has 1 aromatic heterocycles. The first kappa shape index (κ1) is 12.3. The minimum absolute atomic E-state index is 0.0282. The molecule has 0 bridgehead atoms. The molecule has 0 spiro atoms. The molecule has 2 aromatic rings. The molecular formula is C13H16N4O. The summed E-state index contributed by atoms with van der Waals surface area (Å²) < 4.78 is 0. The van der Waals surface area contributed by atoms with E-state index in [0.717, 1.165) is 17.3 Å². The minimum Gasteiger partial charge on any atom is -0.360 e. The van der Waals surface area contributed by atoms with Gasteiger partial charge in [-0.1, -0.05) is 19.1 Å². The summed E-state index contributed by atoms with van der Waals surface area (Å²) in [6, 6.07) is 7.70. The number of benzene rings is 1. The van der Waals surface area contributed by atoms with Crippen molar-refractivity contribution in [2.24, 2.45) is 0 Å². The van der Waals surface area contributed by atoms with Crippen LogP contribution >= 0.6 is 0 Å². The Morgan fingerprint density at radius 1 is 1.28 bits per heavy atom. The monoisotopic (exact) mass is 244 g/mol. The quantitative estimate of drug-likeness (QED) is 0.837. The zero-order valence-corrected chi connectivity index (χ0v) is 10.3. The van der Waals surface area contributed by atoms with Crippen LogP contribution in [-0.2, 0) is 4.79 Å². The van der Waals surface area contributed by atoms with E-state index in [1.54, 1.807) is 0 Å². The van der Waals surface area contributed by atoms with Crippen LogP contribution in [0.1, 0.15) is 13.3 Å². The molecule has 1 heterocycles. The molecule has 5 heteroatoms. The largest absolute Gasteiger partial charge is 0.360 e. The van der Waals surface area contributed by atoms with Gasteiger partial charge in [0.1, 0.15) is 12.1 Å². The fraction of sp³-hybridized carbons (Fsp3) is 0.308. The van der Waals surface area contributed by atoms with Crippen LogP contribution in [0.3, 0.4) is 0 Å². The van der Waals surface area contributed by atoms with Crippen molar-refractivity contribution in [2.45, 2.75) is 13.3 Å². The molecule has 2 rings (SSSR count). The van der Waals surface area contributed by atoms with Gasteiger partial charge < -0.3 is 10.6 Å². The van der Waals surface area contributed by atoms with E-state index in [-0.39, 0.29) is 12.5 Å². The number of hydrogen-bond acceptors (Lipinski definition) is 4. The summed E-state index contributed by atoms with van der Waals surface area (Å²) in [6.45, 7) is 2.94. The van der Waals surface area contributed by atoms with E-state index in [2.05, 4.69) is 20.6 Å². The molecule has 0 aliphatic heterocycles. The molecule has 1 aromatic carbocycles. The number of carbonyl (C=O) groups excluding carboxylic acids is 1. The highest BCUT2D eigenvalue weighted by atomic mass is 16.1. The normalized spacial score (nSPS) is 10.3. The minimum atomic E-state index is -0.0282. The van der Waals surface area contributed by atoms with Crippen LogP contribution in [0.2, 0.25) is 0 Å². The molecule has 5 nitrogen and oxygen atoms in total. The molecular weight excluding hydrogens is 228 g/mol. The Labute approximate surface area is 106 Å². The van der Waals surface area contributed by atoms with E-state index < -0.39 is 0 Å². The van der Waals surface area contributed by atoms with Gasteiger partial charge in [0, 0.05) is 11.9 Å². The van der Waals surface area contributed by atoms with Crippen molar-refractivity contribution in [3.8, 4) is 0 Å². The fourth-order valence-electron chi connectivity index (χ4n) is 1.64. The third-order valence-electron chi connectivity index (χ3n) is 2.53. The van der Waals surface area contributed by atoms with E-state index in [4.69, 9.17) is 0 Å². The maximum Gasteiger partial charge on any atom is 0.239 e. The van der Waals surface area contributed by atoms with Gasteiger partial charge in [0.2, 0.25) is 5.91 Å². The Morgan fingerprint density at radius 2 is 2.11 bits per heavy atom. The summed E-state index contributed by atoms with van der Waals surface area (Å²) in [5.41, 5.74) is 0.865. The van der Waals surface area contributed by atoms with Crippen molar-refractivity contribution < 1.29 is 4.79 Å². The maximum atomic E-state index is 11.5. The summed E-state index contributed by atoms with van der Waals surface area (Å²) in [5.74, 6) is 0.659. The molecule has 0 atom stereocenters. The van der Waals surface area contributed by atoms with Crippen molar-refractivity contribution in [3.63, 3.8) is 0 Å². The van der Waals surface area contributed by atoms with Crippen LogP contribution < -0.4 is 10.6 Å². The highest BCUT2D eigenvalue weighted by Crippen LogP contribution is 2.17. The molecule has 2 N–H and O–H groups in total. The van der Waals surface area contributed by atoms with Crippen molar-refractivity contribution in [3.05, 3.63) is 30.6 Å². The summed E-state index contributed by atoms with van der Waals surface area (Å²) in [5, 5.41) is 6.76. The summed E-state index contributed by atoms with van der Waals surface area (Å²) in [4.78, 5) is 19.8. The van der Waals surface area contributed by atoms with Gasteiger partial charge in [-0.05, 0) is 18.6 Å². The number of fused-ring (bicyclic) bond motifs is 1. The second kappa shape index (κ2) is 5.95. The summed E-state index contributed by atoms with van der Waals surface area (Å²) >= 11 is 0. The second-order valence-electron chi connectivity index (χ2n) is 3.94. The molecule has 1 amide bonds. The van der Waals surface area contributed by atoms with Crippen LogP contribution in [0, 0.1) is 0 Å². The number of rotatable bonds is 5. The van der Waals surface area contributed by atoms with Gasteiger partial charge in [0.15, 0.2) is 0 Å². The lowest BCUT2D eigenvalue weighted by molar-refractivity contribution is -0.119. The number of hydrogen-bond donors (Lipinski definition) is 2. The Kier molecular flexibility index (Phi) is 4.06. The predicted molar refractivity (Wildman–Crippen MR) is 71.3 cm³/mol. The number of aromatic nitrogens is 2. The van der Waals surface area contributed by atoms with Gasteiger partial charge in [0.05, 0.1) is 12.1 Å². The van der Waals surface area contributed by atoms with Gasteiger partial charge in [0.25, 0.3) is 0 Å². The van der Waals surface area contributed by atoms with Crippen molar-refractivity contribution >= 4 is 22.6 Å². The van der Waals surface area contributed by atoms with Gasteiger partial charge in [-0.15, -0.1) is 0 Å². The first-order chi connectivity index (χ1) is 8.81.